The van der Waals surface area contributed by atoms with E-state index in [1.165, 1.54) is 13.2 Å². The van der Waals surface area contributed by atoms with Gasteiger partial charge in [0.25, 0.3) is 0 Å². The Hall–Kier alpha value is -2.58. The summed E-state index contributed by atoms with van der Waals surface area (Å²) in [6, 6.07) is 10.5. The summed E-state index contributed by atoms with van der Waals surface area (Å²) in [5.74, 6) is 0.171. The Balaban J connectivity index is 2.04. The molecule has 0 aliphatic carbocycles. The Labute approximate surface area is 160 Å². The molecule has 0 unspecified atom stereocenters. The van der Waals surface area contributed by atoms with Crippen LogP contribution in [0.3, 0.4) is 0 Å². The fourth-order valence-corrected chi connectivity index (χ4v) is 3.85. The van der Waals surface area contributed by atoms with Crippen molar-refractivity contribution in [3.05, 3.63) is 47.5 Å². The summed E-state index contributed by atoms with van der Waals surface area (Å²) in [5.41, 5.74) is 2.85. The van der Waals surface area contributed by atoms with Crippen LogP contribution in [0.25, 0.3) is 0 Å². The van der Waals surface area contributed by atoms with Crippen molar-refractivity contribution in [3.63, 3.8) is 0 Å². The zero-order valence-corrected chi connectivity index (χ0v) is 17.0. The van der Waals surface area contributed by atoms with Gasteiger partial charge in [-0.3, -0.25) is 4.79 Å². The number of methoxy groups -OCH3 is 1. The van der Waals surface area contributed by atoms with Gasteiger partial charge in [0.05, 0.1) is 18.6 Å². The number of sulfonamides is 1. The van der Waals surface area contributed by atoms with Crippen molar-refractivity contribution in [1.82, 2.24) is 4.72 Å². The van der Waals surface area contributed by atoms with Crippen molar-refractivity contribution in [2.45, 2.75) is 18.7 Å². The number of amides is 1. The van der Waals surface area contributed by atoms with E-state index >= 15 is 0 Å². The van der Waals surface area contributed by atoms with E-state index in [1.54, 1.807) is 32.0 Å². The summed E-state index contributed by atoms with van der Waals surface area (Å²) < 4.78 is 32.6. The van der Waals surface area contributed by atoms with Gasteiger partial charge in [-0.05, 0) is 61.4 Å². The highest BCUT2D eigenvalue weighted by atomic mass is 32.2. The number of carbonyl (C=O) groups is 1. The van der Waals surface area contributed by atoms with Gasteiger partial charge in [-0.15, -0.1) is 0 Å². The zero-order chi connectivity index (χ0) is 20.2. The molecule has 1 amide bonds. The Morgan fingerprint density at radius 1 is 1.07 bits per heavy atom. The highest BCUT2D eigenvalue weighted by Gasteiger charge is 2.19. The van der Waals surface area contributed by atoms with E-state index < -0.39 is 15.9 Å². The average molecular weight is 391 g/mol. The van der Waals surface area contributed by atoms with E-state index in [2.05, 4.69) is 10.0 Å². The van der Waals surface area contributed by atoms with Crippen LogP contribution in [0.15, 0.2) is 41.3 Å². The minimum Gasteiger partial charge on any atom is -0.496 e. The largest absolute Gasteiger partial charge is 0.496 e. The van der Waals surface area contributed by atoms with Crippen molar-refractivity contribution in [3.8, 4) is 5.75 Å². The van der Waals surface area contributed by atoms with Gasteiger partial charge >= 0.3 is 0 Å². The zero-order valence-electron chi connectivity index (χ0n) is 16.2. The highest BCUT2D eigenvalue weighted by Crippen LogP contribution is 2.25. The molecule has 0 spiro atoms. The Bertz CT molecular complexity index is 923. The minimum absolute atomic E-state index is 0.129. The van der Waals surface area contributed by atoms with Crippen molar-refractivity contribution in [1.29, 1.82) is 0 Å². The van der Waals surface area contributed by atoms with Gasteiger partial charge in [0, 0.05) is 25.5 Å². The third-order valence-corrected chi connectivity index (χ3v) is 5.62. The standard InChI is InChI=1S/C19H25N3O4S/c1-13-11-18(14(2)10-17(13)26-5)27(24,25)20-12-19(23)21-15-6-8-16(9-7-15)22(3)4/h6-11,20H,12H2,1-5H3,(H,21,23). The molecule has 0 heterocycles. The van der Waals surface area contributed by atoms with Gasteiger partial charge < -0.3 is 15.0 Å². The van der Waals surface area contributed by atoms with Crippen molar-refractivity contribution >= 4 is 27.3 Å². The SMILES string of the molecule is COc1cc(C)c(S(=O)(=O)NCC(=O)Nc2ccc(N(C)C)cc2)cc1C. The topological polar surface area (TPSA) is 87.7 Å². The molecule has 0 aliphatic heterocycles. The van der Waals surface area contributed by atoms with Gasteiger partial charge in [-0.2, -0.15) is 0 Å². The van der Waals surface area contributed by atoms with Crippen LogP contribution in [0.5, 0.6) is 5.75 Å². The summed E-state index contributed by atoms with van der Waals surface area (Å²) in [5, 5.41) is 2.67. The van der Waals surface area contributed by atoms with Crippen LogP contribution in [0.2, 0.25) is 0 Å². The molecule has 2 aromatic rings. The van der Waals surface area contributed by atoms with Crippen LogP contribution in [-0.2, 0) is 14.8 Å². The second kappa shape index (κ2) is 8.41. The monoisotopic (exact) mass is 391 g/mol. The van der Waals surface area contributed by atoms with Gasteiger partial charge in [0.1, 0.15) is 5.75 Å². The second-order valence-corrected chi connectivity index (χ2v) is 8.14. The van der Waals surface area contributed by atoms with Crippen LogP contribution in [0.1, 0.15) is 11.1 Å². The van der Waals surface area contributed by atoms with Gasteiger partial charge in [-0.25, -0.2) is 13.1 Å². The number of carbonyl (C=O) groups excluding carboxylic acids is 1. The molecular formula is C19H25N3O4S. The predicted octanol–water partition coefficient (Wildman–Crippen LogP) is 2.30. The molecule has 27 heavy (non-hydrogen) atoms. The molecule has 0 saturated heterocycles. The van der Waals surface area contributed by atoms with E-state index in [0.717, 1.165) is 5.69 Å². The molecule has 8 heteroatoms. The fourth-order valence-electron chi connectivity index (χ4n) is 2.56. The van der Waals surface area contributed by atoms with Crippen LogP contribution < -0.4 is 19.7 Å². The quantitative estimate of drug-likeness (QED) is 0.756. The lowest BCUT2D eigenvalue weighted by molar-refractivity contribution is -0.115. The number of aryl methyl sites for hydroxylation is 2. The molecule has 2 N–H and O–H groups in total. The molecule has 0 radical (unpaired) electrons. The summed E-state index contributed by atoms with van der Waals surface area (Å²) in [7, 11) is 1.56. The third-order valence-electron chi connectivity index (χ3n) is 4.07. The van der Waals surface area contributed by atoms with E-state index in [1.807, 2.05) is 31.1 Å². The van der Waals surface area contributed by atoms with E-state index in [4.69, 9.17) is 4.74 Å². The van der Waals surface area contributed by atoms with Crippen molar-refractivity contribution < 1.29 is 17.9 Å². The molecule has 146 valence electrons. The molecular weight excluding hydrogens is 366 g/mol. The van der Waals surface area contributed by atoms with Gasteiger partial charge in [-0.1, -0.05) is 0 Å². The Morgan fingerprint density at radius 2 is 1.70 bits per heavy atom. The molecule has 0 atom stereocenters. The van der Waals surface area contributed by atoms with Gasteiger partial charge in [0.15, 0.2) is 0 Å². The van der Waals surface area contributed by atoms with Crippen molar-refractivity contribution in [2.24, 2.45) is 0 Å². The Kier molecular flexibility index (Phi) is 6.45. The molecule has 2 rings (SSSR count). The number of ether oxygens (including phenoxy) is 1. The molecule has 0 aliphatic rings. The van der Waals surface area contributed by atoms with Crippen LogP contribution in [-0.4, -0.2) is 42.1 Å². The number of nitrogens with one attached hydrogen (secondary N) is 2. The molecule has 0 saturated carbocycles. The molecule has 0 aromatic heterocycles. The lowest BCUT2D eigenvalue weighted by Crippen LogP contribution is -2.33. The average Bonchev–Trinajstić information content (AvgIpc) is 2.62. The highest BCUT2D eigenvalue weighted by molar-refractivity contribution is 7.89. The second-order valence-electron chi connectivity index (χ2n) is 6.40. The van der Waals surface area contributed by atoms with Crippen molar-refractivity contribution in [2.75, 3.05) is 38.0 Å². The Morgan fingerprint density at radius 3 is 2.26 bits per heavy atom. The van der Waals surface area contributed by atoms with Crippen LogP contribution in [0.4, 0.5) is 11.4 Å². The van der Waals surface area contributed by atoms with Crippen LogP contribution in [0, 0.1) is 13.8 Å². The number of anilines is 2. The maximum atomic E-state index is 12.5. The number of nitrogens with zero attached hydrogens (tertiary/aromatic N) is 1. The van der Waals surface area contributed by atoms with E-state index in [9.17, 15) is 13.2 Å². The normalized spacial score (nSPS) is 11.1. The lowest BCUT2D eigenvalue weighted by atomic mass is 10.1. The first-order chi connectivity index (χ1) is 12.6. The molecule has 7 nitrogen and oxygen atoms in total. The summed E-state index contributed by atoms with van der Waals surface area (Å²) in [6.07, 6.45) is 0. The summed E-state index contributed by atoms with van der Waals surface area (Å²) in [4.78, 5) is 14.2. The van der Waals surface area contributed by atoms with Crippen LogP contribution >= 0.6 is 0 Å². The summed E-state index contributed by atoms with van der Waals surface area (Å²) >= 11 is 0. The predicted molar refractivity (Wildman–Crippen MR) is 107 cm³/mol. The summed E-state index contributed by atoms with van der Waals surface area (Å²) in [6.45, 7) is 3.09. The first kappa shape index (κ1) is 20.7. The smallest absolute Gasteiger partial charge is 0.241 e. The maximum absolute atomic E-state index is 12.5. The molecule has 0 bridgehead atoms. The van der Waals surface area contributed by atoms with E-state index in [0.29, 0.717) is 22.6 Å². The molecule has 0 fully saturated rings. The fraction of sp³-hybridized carbons (Fsp3) is 0.316. The number of hydrogen-bond acceptors (Lipinski definition) is 5. The number of hydrogen-bond donors (Lipinski definition) is 2. The van der Waals surface area contributed by atoms with Gasteiger partial charge in [0.2, 0.25) is 15.9 Å². The lowest BCUT2D eigenvalue weighted by Gasteiger charge is -2.14. The first-order valence-electron chi connectivity index (χ1n) is 8.36. The third kappa shape index (κ3) is 5.21. The molecule has 2 aromatic carbocycles. The number of rotatable bonds is 7. The number of benzene rings is 2. The first-order valence-corrected chi connectivity index (χ1v) is 9.84. The maximum Gasteiger partial charge on any atom is 0.241 e. The minimum atomic E-state index is -3.82. The van der Waals surface area contributed by atoms with E-state index in [-0.39, 0.29) is 11.4 Å².